The zero-order chi connectivity index (χ0) is 28.5. The van der Waals surface area contributed by atoms with Crippen LogP contribution in [-0.2, 0) is 21.9 Å². The lowest BCUT2D eigenvalue weighted by atomic mass is 9.86. The Kier molecular flexibility index (Phi) is 7.68. The van der Waals surface area contributed by atoms with Crippen LogP contribution in [0, 0.1) is 0 Å². The molecule has 0 saturated heterocycles. The van der Waals surface area contributed by atoms with Gasteiger partial charge in [0.05, 0.1) is 10.6 Å². The number of nitrogens with zero attached hydrogens (tertiary/aromatic N) is 1. The Labute approximate surface area is 240 Å². The number of amides is 1. The summed E-state index contributed by atoms with van der Waals surface area (Å²) in [6.07, 6.45) is 3.10. The Morgan fingerprint density at radius 2 is 1.80 bits per heavy atom. The fraction of sp³-hybridized carbons (Fsp3) is 0.226. The molecule has 3 N–H and O–H groups in total. The lowest BCUT2D eigenvalue weighted by Crippen LogP contribution is -2.28. The number of fused-ring (bicyclic) bond motifs is 1. The molecule has 4 aromatic rings. The smallest absolute Gasteiger partial charge is 0.255 e. The number of hydrogen-bond donors (Lipinski definition) is 3. The normalized spacial score (nSPS) is 15.8. The van der Waals surface area contributed by atoms with Crippen molar-refractivity contribution in [2.45, 2.75) is 50.0 Å². The summed E-state index contributed by atoms with van der Waals surface area (Å²) in [5, 5.41) is 6.66. The largest absolute Gasteiger partial charge is 0.338 e. The van der Waals surface area contributed by atoms with E-state index in [1.54, 1.807) is 54.7 Å². The molecule has 0 radical (unpaired) electrons. The van der Waals surface area contributed by atoms with Crippen molar-refractivity contribution in [1.29, 1.82) is 0 Å². The van der Waals surface area contributed by atoms with Gasteiger partial charge in [-0.3, -0.25) is 4.79 Å². The Morgan fingerprint density at radius 3 is 2.52 bits per heavy atom. The van der Waals surface area contributed by atoms with E-state index in [0.717, 1.165) is 28.8 Å². The van der Waals surface area contributed by atoms with Gasteiger partial charge < -0.3 is 10.6 Å². The van der Waals surface area contributed by atoms with E-state index in [1.165, 1.54) is 0 Å². The van der Waals surface area contributed by atoms with Crippen molar-refractivity contribution in [3.05, 3.63) is 112 Å². The summed E-state index contributed by atoms with van der Waals surface area (Å²) in [7, 11) is -3.72. The molecule has 0 saturated carbocycles. The van der Waals surface area contributed by atoms with Gasteiger partial charge in [0.2, 0.25) is 10.0 Å². The van der Waals surface area contributed by atoms with Crippen LogP contribution in [-0.4, -0.2) is 19.3 Å². The van der Waals surface area contributed by atoms with Gasteiger partial charge in [0, 0.05) is 28.5 Å². The molecule has 1 aliphatic carbocycles. The third kappa shape index (κ3) is 5.89. The van der Waals surface area contributed by atoms with Gasteiger partial charge in [-0.25, -0.2) is 18.1 Å². The third-order valence-corrected chi connectivity index (χ3v) is 8.94. The van der Waals surface area contributed by atoms with Gasteiger partial charge in [-0.15, -0.1) is 0 Å². The zero-order valence-corrected chi connectivity index (χ0v) is 24.1. The lowest BCUT2D eigenvalue weighted by Gasteiger charge is -2.19. The van der Waals surface area contributed by atoms with E-state index in [-0.39, 0.29) is 16.2 Å². The van der Waals surface area contributed by atoms with Crippen LogP contribution in [0.5, 0.6) is 0 Å². The van der Waals surface area contributed by atoms with Crippen molar-refractivity contribution in [2.24, 2.45) is 0 Å². The molecule has 1 heterocycles. The first-order valence-electron chi connectivity index (χ1n) is 13.1. The molecule has 9 heteroatoms. The van der Waals surface area contributed by atoms with Crippen molar-refractivity contribution >= 4 is 44.7 Å². The average Bonchev–Trinajstić information content (AvgIpc) is 3.17. The SMILES string of the molecule is CCc1ccc(S(=O)(=O)NC2CC(C)(C)c3ccc(Nc4ncccc4NC(=O)c4cccc(Cl)c4)cc32)cc1. The molecule has 0 spiro atoms. The molecule has 5 rings (SSSR count). The molecule has 1 amide bonds. The molecule has 0 fully saturated rings. The lowest BCUT2D eigenvalue weighted by molar-refractivity contribution is 0.102. The second-order valence-electron chi connectivity index (χ2n) is 10.6. The second kappa shape index (κ2) is 11.0. The number of aryl methyl sites for hydroxylation is 1. The average molecular weight is 575 g/mol. The summed E-state index contributed by atoms with van der Waals surface area (Å²) in [4.78, 5) is 17.5. The van der Waals surface area contributed by atoms with Gasteiger partial charge in [-0.1, -0.05) is 56.6 Å². The third-order valence-electron chi connectivity index (χ3n) is 7.22. The van der Waals surface area contributed by atoms with Crippen molar-refractivity contribution in [3.63, 3.8) is 0 Å². The second-order valence-corrected chi connectivity index (χ2v) is 12.7. The van der Waals surface area contributed by atoms with Crippen LogP contribution in [0.1, 0.15) is 60.3 Å². The first kappa shape index (κ1) is 27.8. The summed E-state index contributed by atoms with van der Waals surface area (Å²) >= 11 is 6.05. The Bertz CT molecular complexity index is 1670. The molecule has 0 bridgehead atoms. The summed E-state index contributed by atoms with van der Waals surface area (Å²) in [5.41, 5.74) is 4.52. The van der Waals surface area contributed by atoms with Crippen LogP contribution in [0.4, 0.5) is 17.2 Å². The van der Waals surface area contributed by atoms with Crippen molar-refractivity contribution < 1.29 is 13.2 Å². The predicted octanol–water partition coefficient (Wildman–Crippen LogP) is 6.99. The highest BCUT2D eigenvalue weighted by molar-refractivity contribution is 7.89. The number of carbonyl (C=O) groups excluding carboxylic acids is 1. The molecular formula is C31H31ClN4O3S. The number of carbonyl (C=O) groups is 1. The van der Waals surface area contributed by atoms with E-state index in [9.17, 15) is 13.2 Å². The van der Waals surface area contributed by atoms with Crippen LogP contribution >= 0.6 is 11.6 Å². The van der Waals surface area contributed by atoms with Crippen LogP contribution in [0.3, 0.4) is 0 Å². The van der Waals surface area contributed by atoms with Crippen LogP contribution in [0.2, 0.25) is 5.02 Å². The van der Waals surface area contributed by atoms with Gasteiger partial charge in [0.15, 0.2) is 5.82 Å². The molecule has 3 aromatic carbocycles. The maximum atomic E-state index is 13.3. The first-order valence-corrected chi connectivity index (χ1v) is 15.0. The highest BCUT2D eigenvalue weighted by atomic mass is 35.5. The van der Waals surface area contributed by atoms with E-state index in [1.807, 2.05) is 37.3 Å². The molecule has 1 atom stereocenters. The minimum absolute atomic E-state index is 0.214. The van der Waals surface area contributed by atoms with E-state index in [0.29, 0.717) is 28.5 Å². The number of anilines is 3. The highest BCUT2D eigenvalue weighted by Gasteiger charge is 2.39. The first-order chi connectivity index (χ1) is 19.1. The van der Waals surface area contributed by atoms with Gasteiger partial charge in [-0.2, -0.15) is 0 Å². The predicted molar refractivity (Wildman–Crippen MR) is 160 cm³/mol. The van der Waals surface area contributed by atoms with E-state index < -0.39 is 16.1 Å². The van der Waals surface area contributed by atoms with Crippen molar-refractivity contribution in [2.75, 3.05) is 10.6 Å². The summed E-state index contributed by atoms with van der Waals surface area (Å²) in [6.45, 7) is 6.27. The monoisotopic (exact) mass is 574 g/mol. The van der Waals surface area contributed by atoms with Crippen LogP contribution in [0.15, 0.2) is 90.0 Å². The van der Waals surface area contributed by atoms with Crippen molar-refractivity contribution in [3.8, 4) is 0 Å². The molecule has 0 aliphatic heterocycles. The molecule has 206 valence electrons. The highest BCUT2D eigenvalue weighted by Crippen LogP contribution is 2.46. The minimum Gasteiger partial charge on any atom is -0.338 e. The molecule has 7 nitrogen and oxygen atoms in total. The van der Waals surface area contributed by atoms with Crippen LogP contribution < -0.4 is 15.4 Å². The number of aromatic nitrogens is 1. The maximum absolute atomic E-state index is 13.3. The number of halogens is 1. The van der Waals surface area contributed by atoms with Gasteiger partial charge >= 0.3 is 0 Å². The van der Waals surface area contributed by atoms with Gasteiger partial charge in [-0.05, 0) is 89.5 Å². The molecular weight excluding hydrogens is 544 g/mol. The topological polar surface area (TPSA) is 100 Å². The summed E-state index contributed by atoms with van der Waals surface area (Å²) < 4.78 is 29.5. The van der Waals surface area contributed by atoms with E-state index in [2.05, 4.69) is 34.2 Å². The van der Waals surface area contributed by atoms with E-state index in [4.69, 9.17) is 11.6 Å². The van der Waals surface area contributed by atoms with Gasteiger partial charge in [0.1, 0.15) is 0 Å². The minimum atomic E-state index is -3.72. The number of hydrogen-bond acceptors (Lipinski definition) is 5. The fourth-order valence-electron chi connectivity index (χ4n) is 5.11. The number of nitrogens with one attached hydrogen (secondary N) is 3. The fourth-order valence-corrected chi connectivity index (χ4v) is 6.51. The quantitative estimate of drug-likeness (QED) is 0.210. The van der Waals surface area contributed by atoms with Crippen LogP contribution in [0.25, 0.3) is 0 Å². The van der Waals surface area contributed by atoms with E-state index >= 15 is 0 Å². The van der Waals surface area contributed by atoms with Gasteiger partial charge in [0.25, 0.3) is 5.91 Å². The summed E-state index contributed by atoms with van der Waals surface area (Å²) in [6, 6.07) is 22.7. The molecule has 1 aliphatic rings. The molecule has 1 aromatic heterocycles. The number of benzene rings is 3. The Morgan fingerprint density at radius 1 is 1.02 bits per heavy atom. The molecule has 1 unspecified atom stereocenters. The zero-order valence-electron chi connectivity index (χ0n) is 22.5. The number of pyridine rings is 1. The number of sulfonamides is 1. The Hall–Kier alpha value is -3.72. The summed E-state index contributed by atoms with van der Waals surface area (Å²) in [5.74, 6) is 0.152. The Balaban J connectivity index is 1.40. The van der Waals surface area contributed by atoms with Crippen molar-refractivity contribution in [1.82, 2.24) is 9.71 Å². The maximum Gasteiger partial charge on any atom is 0.255 e. The molecule has 40 heavy (non-hydrogen) atoms. The number of rotatable bonds is 8. The standard InChI is InChI=1S/C31H31ClN4O3S/c1-4-20-10-13-24(14-11-20)40(38,39)36-28-19-31(2,3)26-15-12-23(18-25(26)28)34-29-27(9-6-16-33-29)35-30(37)21-7-5-8-22(32)17-21/h5-18,28,36H,4,19H2,1-3H3,(H,33,34)(H,35,37).